The summed E-state index contributed by atoms with van der Waals surface area (Å²) in [4.78, 5) is 12.8. The van der Waals surface area contributed by atoms with Crippen molar-refractivity contribution in [2.24, 2.45) is 0 Å². The van der Waals surface area contributed by atoms with Gasteiger partial charge in [0.2, 0.25) is 0 Å². The van der Waals surface area contributed by atoms with Gasteiger partial charge in [0.05, 0.1) is 18.2 Å². The summed E-state index contributed by atoms with van der Waals surface area (Å²) < 4.78 is 43.1. The highest BCUT2D eigenvalue weighted by molar-refractivity contribution is 5.98. The van der Waals surface area contributed by atoms with E-state index in [1.165, 1.54) is 33.3 Å². The standard InChI is InChI=1S/C11H12F3NO2/c1-15(2)10(16)9-7(11(12,13)14)5-4-6-8(9)17-3/h4-6H,1-3H3. The molecule has 0 bridgehead atoms. The largest absolute Gasteiger partial charge is 0.496 e. The Morgan fingerprint density at radius 1 is 1.29 bits per heavy atom. The van der Waals surface area contributed by atoms with Crippen molar-refractivity contribution in [3.05, 3.63) is 29.3 Å². The second kappa shape index (κ2) is 4.65. The van der Waals surface area contributed by atoms with Gasteiger partial charge in [-0.05, 0) is 12.1 Å². The molecule has 0 aromatic heterocycles. The number of hydrogen-bond donors (Lipinski definition) is 0. The van der Waals surface area contributed by atoms with E-state index in [0.717, 1.165) is 11.0 Å². The summed E-state index contributed by atoms with van der Waals surface area (Å²) in [6.07, 6.45) is -4.59. The quantitative estimate of drug-likeness (QED) is 0.803. The summed E-state index contributed by atoms with van der Waals surface area (Å²) >= 11 is 0. The van der Waals surface area contributed by atoms with Gasteiger partial charge in [0.25, 0.3) is 5.91 Å². The Kier molecular flexibility index (Phi) is 3.65. The third-order valence-corrected chi connectivity index (χ3v) is 2.17. The van der Waals surface area contributed by atoms with Gasteiger partial charge in [-0.2, -0.15) is 13.2 Å². The topological polar surface area (TPSA) is 29.5 Å². The fourth-order valence-corrected chi connectivity index (χ4v) is 1.38. The van der Waals surface area contributed by atoms with Crippen molar-refractivity contribution in [2.45, 2.75) is 6.18 Å². The predicted octanol–water partition coefficient (Wildman–Crippen LogP) is 2.42. The molecule has 0 unspecified atom stereocenters. The molecule has 1 rings (SSSR count). The van der Waals surface area contributed by atoms with Crippen molar-refractivity contribution in [1.29, 1.82) is 0 Å². The Hall–Kier alpha value is -1.72. The van der Waals surface area contributed by atoms with Crippen LogP contribution in [-0.2, 0) is 6.18 Å². The Morgan fingerprint density at radius 2 is 1.88 bits per heavy atom. The number of hydrogen-bond acceptors (Lipinski definition) is 2. The zero-order valence-corrected chi connectivity index (χ0v) is 9.63. The van der Waals surface area contributed by atoms with E-state index in [-0.39, 0.29) is 5.75 Å². The number of methoxy groups -OCH3 is 1. The fraction of sp³-hybridized carbons (Fsp3) is 0.364. The van der Waals surface area contributed by atoms with Crippen molar-refractivity contribution in [2.75, 3.05) is 21.2 Å². The van der Waals surface area contributed by atoms with Gasteiger partial charge in [-0.15, -0.1) is 0 Å². The number of nitrogens with zero attached hydrogens (tertiary/aromatic N) is 1. The van der Waals surface area contributed by atoms with Crippen LogP contribution in [0.15, 0.2) is 18.2 Å². The molecule has 0 saturated carbocycles. The SMILES string of the molecule is COc1cccc(C(F)(F)F)c1C(=O)N(C)C. The average molecular weight is 247 g/mol. The highest BCUT2D eigenvalue weighted by atomic mass is 19.4. The van der Waals surface area contributed by atoms with Crippen LogP contribution >= 0.6 is 0 Å². The van der Waals surface area contributed by atoms with Gasteiger partial charge < -0.3 is 9.64 Å². The number of rotatable bonds is 2. The summed E-state index contributed by atoms with van der Waals surface area (Å²) in [5, 5.41) is 0. The zero-order valence-electron chi connectivity index (χ0n) is 9.63. The molecule has 0 radical (unpaired) electrons. The molecule has 0 fully saturated rings. The molecule has 3 nitrogen and oxygen atoms in total. The number of alkyl halides is 3. The van der Waals surface area contributed by atoms with Crippen LogP contribution in [0, 0.1) is 0 Å². The van der Waals surface area contributed by atoms with Gasteiger partial charge in [-0.25, -0.2) is 0 Å². The van der Waals surface area contributed by atoms with E-state index in [1.807, 2.05) is 0 Å². The molecule has 1 amide bonds. The van der Waals surface area contributed by atoms with Crippen molar-refractivity contribution < 1.29 is 22.7 Å². The number of halogens is 3. The van der Waals surface area contributed by atoms with Crippen molar-refractivity contribution in [3.8, 4) is 5.75 Å². The van der Waals surface area contributed by atoms with Crippen LogP contribution < -0.4 is 4.74 Å². The van der Waals surface area contributed by atoms with Crippen LogP contribution in [0.5, 0.6) is 5.75 Å². The van der Waals surface area contributed by atoms with E-state index in [0.29, 0.717) is 0 Å². The lowest BCUT2D eigenvalue weighted by Gasteiger charge is -2.18. The van der Waals surface area contributed by atoms with Gasteiger partial charge in [0.1, 0.15) is 5.75 Å². The van der Waals surface area contributed by atoms with Crippen molar-refractivity contribution in [3.63, 3.8) is 0 Å². The fourth-order valence-electron chi connectivity index (χ4n) is 1.38. The zero-order chi connectivity index (χ0) is 13.2. The maximum absolute atomic E-state index is 12.8. The van der Waals surface area contributed by atoms with Crippen LogP contribution in [0.3, 0.4) is 0 Å². The minimum absolute atomic E-state index is 0.0847. The van der Waals surface area contributed by atoms with Gasteiger partial charge in [0, 0.05) is 14.1 Å². The molecule has 1 aromatic carbocycles. The maximum atomic E-state index is 12.8. The molecule has 0 aliphatic rings. The maximum Gasteiger partial charge on any atom is 0.417 e. The molecule has 6 heteroatoms. The summed E-state index contributed by atoms with van der Waals surface area (Å²) in [7, 11) is 3.99. The number of amides is 1. The predicted molar refractivity (Wildman–Crippen MR) is 56.0 cm³/mol. The van der Waals surface area contributed by atoms with E-state index < -0.39 is 23.2 Å². The summed E-state index contributed by atoms with van der Waals surface area (Å²) in [5.41, 5.74) is -1.46. The number of carbonyl (C=O) groups excluding carboxylic acids is 1. The van der Waals surface area contributed by atoms with E-state index in [1.54, 1.807) is 0 Å². The van der Waals surface area contributed by atoms with Gasteiger partial charge >= 0.3 is 6.18 Å². The van der Waals surface area contributed by atoms with Crippen LogP contribution in [0.25, 0.3) is 0 Å². The molecule has 0 heterocycles. The summed E-state index contributed by atoms with van der Waals surface area (Å²) in [6.45, 7) is 0. The molecule has 0 N–H and O–H groups in total. The average Bonchev–Trinajstić information content (AvgIpc) is 2.25. The number of carbonyl (C=O) groups is 1. The first-order valence-electron chi connectivity index (χ1n) is 4.75. The summed E-state index contributed by atoms with van der Waals surface area (Å²) in [6, 6.07) is 3.39. The lowest BCUT2D eigenvalue weighted by Crippen LogP contribution is -2.25. The molecule has 0 aliphatic heterocycles. The van der Waals surface area contributed by atoms with Crippen LogP contribution in [0.1, 0.15) is 15.9 Å². The highest BCUT2D eigenvalue weighted by Crippen LogP contribution is 2.36. The third-order valence-electron chi connectivity index (χ3n) is 2.17. The van der Waals surface area contributed by atoms with Gasteiger partial charge in [-0.3, -0.25) is 4.79 Å². The van der Waals surface area contributed by atoms with Gasteiger partial charge in [-0.1, -0.05) is 6.07 Å². The monoisotopic (exact) mass is 247 g/mol. The first-order valence-corrected chi connectivity index (χ1v) is 4.75. The molecule has 17 heavy (non-hydrogen) atoms. The first kappa shape index (κ1) is 13.3. The summed E-state index contributed by atoms with van der Waals surface area (Å²) in [5.74, 6) is -0.826. The highest BCUT2D eigenvalue weighted by Gasteiger charge is 2.37. The first-order chi connectivity index (χ1) is 7.79. The molecule has 0 saturated heterocycles. The Bertz CT molecular complexity index is 427. The second-order valence-electron chi connectivity index (χ2n) is 3.58. The van der Waals surface area contributed by atoms with E-state index in [9.17, 15) is 18.0 Å². The van der Waals surface area contributed by atoms with E-state index in [4.69, 9.17) is 4.74 Å². The molecule has 0 aliphatic carbocycles. The molecular weight excluding hydrogens is 235 g/mol. The van der Waals surface area contributed by atoms with Crippen molar-refractivity contribution >= 4 is 5.91 Å². The second-order valence-corrected chi connectivity index (χ2v) is 3.58. The number of benzene rings is 1. The molecular formula is C11H12F3NO2. The Balaban J connectivity index is 3.47. The van der Waals surface area contributed by atoms with E-state index >= 15 is 0 Å². The number of ether oxygens (including phenoxy) is 1. The lowest BCUT2D eigenvalue weighted by molar-refractivity contribution is -0.138. The molecule has 0 spiro atoms. The molecule has 94 valence electrons. The van der Waals surface area contributed by atoms with Crippen molar-refractivity contribution in [1.82, 2.24) is 4.90 Å². The Morgan fingerprint density at radius 3 is 2.29 bits per heavy atom. The van der Waals surface area contributed by atoms with Crippen LogP contribution in [-0.4, -0.2) is 32.0 Å². The molecule has 0 atom stereocenters. The Labute approximate surface area is 96.8 Å². The van der Waals surface area contributed by atoms with Gasteiger partial charge in [0.15, 0.2) is 0 Å². The van der Waals surface area contributed by atoms with E-state index in [2.05, 4.69) is 0 Å². The normalized spacial score (nSPS) is 11.2. The molecule has 1 aromatic rings. The van der Waals surface area contributed by atoms with Crippen LogP contribution in [0.2, 0.25) is 0 Å². The van der Waals surface area contributed by atoms with Crippen LogP contribution in [0.4, 0.5) is 13.2 Å². The minimum atomic E-state index is -4.59. The third kappa shape index (κ3) is 2.69. The smallest absolute Gasteiger partial charge is 0.417 e. The minimum Gasteiger partial charge on any atom is -0.496 e. The lowest BCUT2D eigenvalue weighted by atomic mass is 10.0.